The van der Waals surface area contributed by atoms with E-state index in [1.54, 1.807) is 0 Å². The molecule has 31 heavy (non-hydrogen) atoms. The molecule has 0 radical (unpaired) electrons. The van der Waals surface area contributed by atoms with E-state index in [2.05, 4.69) is 9.98 Å². The van der Waals surface area contributed by atoms with Crippen LogP contribution in [-0.4, -0.2) is 34.7 Å². The summed E-state index contributed by atoms with van der Waals surface area (Å²) in [5.74, 6) is -0.715. The van der Waals surface area contributed by atoms with Crippen LogP contribution in [0, 0.1) is 0 Å². The molecule has 2 aromatic rings. The topological polar surface area (TPSA) is 65.2 Å². The van der Waals surface area contributed by atoms with E-state index in [0.717, 1.165) is 48.8 Å². The van der Waals surface area contributed by atoms with Gasteiger partial charge in [-0.05, 0) is 55.7 Å². The zero-order chi connectivity index (χ0) is 22.8. The van der Waals surface area contributed by atoms with E-state index in [4.69, 9.17) is 0 Å². The normalized spacial score (nSPS) is 20.2. The highest BCUT2D eigenvalue weighted by Gasteiger charge is 2.32. The molecule has 0 amide bonds. The van der Waals surface area contributed by atoms with E-state index in [1.165, 1.54) is 0 Å². The van der Waals surface area contributed by atoms with Gasteiger partial charge in [-0.2, -0.15) is 26.3 Å². The molecule has 0 heterocycles. The minimum absolute atomic E-state index is 0.0972. The zero-order valence-electron chi connectivity index (χ0n) is 16.0. The summed E-state index contributed by atoms with van der Waals surface area (Å²) >= 11 is 0. The number of phenols is 2. The third kappa shape index (κ3) is 5.56. The Kier molecular flexibility index (Phi) is 6.28. The van der Waals surface area contributed by atoms with E-state index in [1.807, 2.05) is 0 Å². The quantitative estimate of drug-likeness (QED) is 0.477. The Hall–Kier alpha value is -3.04. The molecular weight excluding hydrogens is 426 g/mol. The number of alkyl halides is 6. The summed E-state index contributed by atoms with van der Waals surface area (Å²) in [6.07, 6.45) is -4.98. The first-order chi connectivity index (χ1) is 14.4. The van der Waals surface area contributed by atoms with Gasteiger partial charge in [0.1, 0.15) is 11.5 Å². The second-order valence-electron chi connectivity index (χ2n) is 7.16. The van der Waals surface area contributed by atoms with Crippen molar-refractivity contribution in [3.8, 4) is 11.5 Å². The van der Waals surface area contributed by atoms with Crippen molar-refractivity contribution in [1.29, 1.82) is 0 Å². The van der Waals surface area contributed by atoms with Crippen LogP contribution in [0.2, 0.25) is 0 Å². The van der Waals surface area contributed by atoms with Crippen molar-refractivity contribution in [2.45, 2.75) is 43.7 Å². The largest absolute Gasteiger partial charge is 0.507 e. The monoisotopic (exact) mass is 444 g/mol. The Morgan fingerprint density at radius 1 is 0.710 bits per heavy atom. The standard InChI is InChI=1S/C21H18F6N2O2/c22-20(23,24)14-4-6-18(30)12(8-14)10-28-16-2-1-3-17(16)29-11-13-9-15(21(25,26)27)5-7-19(13)31/h4-11,16-17,30-31H,1-3H2. The number of aromatic hydroxyl groups is 2. The van der Waals surface area contributed by atoms with Crippen LogP contribution in [0.5, 0.6) is 11.5 Å². The number of rotatable bonds is 4. The van der Waals surface area contributed by atoms with E-state index >= 15 is 0 Å². The van der Waals surface area contributed by atoms with Gasteiger partial charge in [0.2, 0.25) is 0 Å². The van der Waals surface area contributed by atoms with Gasteiger partial charge >= 0.3 is 12.4 Å². The van der Waals surface area contributed by atoms with Crippen LogP contribution in [0.1, 0.15) is 41.5 Å². The third-order valence-electron chi connectivity index (χ3n) is 4.96. The summed E-state index contributed by atoms with van der Waals surface area (Å²) in [4.78, 5) is 8.48. The van der Waals surface area contributed by atoms with Crippen molar-refractivity contribution in [2.24, 2.45) is 9.98 Å². The van der Waals surface area contributed by atoms with Crippen LogP contribution < -0.4 is 0 Å². The van der Waals surface area contributed by atoms with Gasteiger partial charge in [0, 0.05) is 23.6 Å². The summed E-state index contributed by atoms with van der Waals surface area (Å²) < 4.78 is 77.2. The zero-order valence-corrected chi connectivity index (χ0v) is 16.0. The Bertz CT molecular complexity index is 919. The lowest BCUT2D eigenvalue weighted by Crippen LogP contribution is -2.16. The minimum atomic E-state index is -4.57. The molecule has 0 spiro atoms. The van der Waals surface area contributed by atoms with Crippen molar-refractivity contribution >= 4 is 12.4 Å². The van der Waals surface area contributed by atoms with E-state index < -0.39 is 35.6 Å². The van der Waals surface area contributed by atoms with Crippen molar-refractivity contribution in [1.82, 2.24) is 0 Å². The summed E-state index contributed by atoms with van der Waals surface area (Å²) in [7, 11) is 0. The summed E-state index contributed by atoms with van der Waals surface area (Å²) in [6, 6.07) is 4.12. The molecule has 1 fully saturated rings. The molecule has 1 aliphatic carbocycles. The summed E-state index contributed by atoms with van der Waals surface area (Å²) in [5.41, 5.74) is -2.04. The molecule has 4 nitrogen and oxygen atoms in total. The Morgan fingerprint density at radius 3 is 1.45 bits per heavy atom. The number of benzene rings is 2. The lowest BCUT2D eigenvalue weighted by molar-refractivity contribution is -0.138. The fourth-order valence-electron chi connectivity index (χ4n) is 3.29. The highest BCUT2D eigenvalue weighted by molar-refractivity contribution is 5.85. The number of hydrogen-bond donors (Lipinski definition) is 2. The molecule has 2 atom stereocenters. The molecule has 0 bridgehead atoms. The molecule has 1 saturated carbocycles. The molecule has 0 aromatic heterocycles. The summed E-state index contributed by atoms with van der Waals surface area (Å²) in [6.45, 7) is 0. The van der Waals surface area contributed by atoms with Gasteiger partial charge in [-0.1, -0.05) is 0 Å². The van der Waals surface area contributed by atoms with Crippen LogP contribution in [0.4, 0.5) is 26.3 Å². The maximum absolute atomic E-state index is 12.9. The Morgan fingerprint density at radius 2 is 1.10 bits per heavy atom. The second-order valence-corrected chi connectivity index (χ2v) is 7.16. The van der Waals surface area contributed by atoms with Crippen LogP contribution >= 0.6 is 0 Å². The van der Waals surface area contributed by atoms with Gasteiger partial charge < -0.3 is 10.2 Å². The van der Waals surface area contributed by atoms with Gasteiger partial charge in [0.25, 0.3) is 0 Å². The van der Waals surface area contributed by atoms with Crippen LogP contribution in [0.15, 0.2) is 46.4 Å². The van der Waals surface area contributed by atoms with Gasteiger partial charge in [-0.15, -0.1) is 0 Å². The smallest absolute Gasteiger partial charge is 0.416 e. The van der Waals surface area contributed by atoms with Crippen molar-refractivity contribution in [3.05, 3.63) is 58.7 Å². The molecule has 3 rings (SSSR count). The molecule has 1 aliphatic rings. The number of hydrogen-bond acceptors (Lipinski definition) is 4. The first kappa shape index (κ1) is 22.6. The number of halogens is 6. The lowest BCUT2D eigenvalue weighted by atomic mass is 10.1. The van der Waals surface area contributed by atoms with Gasteiger partial charge in [0.05, 0.1) is 23.2 Å². The molecule has 0 aliphatic heterocycles. The predicted octanol–water partition coefficient (Wildman–Crippen LogP) is 5.59. The summed E-state index contributed by atoms with van der Waals surface area (Å²) in [5, 5.41) is 19.6. The molecule has 2 N–H and O–H groups in total. The first-order valence-corrected chi connectivity index (χ1v) is 9.32. The Balaban J connectivity index is 1.78. The van der Waals surface area contributed by atoms with Gasteiger partial charge in [-0.25, -0.2) is 0 Å². The highest BCUT2D eigenvalue weighted by Crippen LogP contribution is 2.33. The van der Waals surface area contributed by atoms with E-state index in [-0.39, 0.29) is 22.6 Å². The van der Waals surface area contributed by atoms with E-state index in [0.29, 0.717) is 19.3 Å². The highest BCUT2D eigenvalue weighted by atomic mass is 19.4. The van der Waals surface area contributed by atoms with E-state index in [9.17, 15) is 36.6 Å². The lowest BCUT2D eigenvalue weighted by Gasteiger charge is -2.12. The SMILES string of the molecule is Oc1ccc(C(F)(F)F)cc1C=NC1CCCC1N=Cc1cc(C(F)(F)F)ccc1O. The minimum Gasteiger partial charge on any atom is -0.507 e. The maximum atomic E-state index is 12.9. The van der Waals surface area contributed by atoms with Crippen LogP contribution in [0.25, 0.3) is 0 Å². The van der Waals surface area contributed by atoms with Crippen molar-refractivity contribution < 1.29 is 36.6 Å². The fraction of sp³-hybridized carbons (Fsp3) is 0.333. The number of aliphatic imine (C=N–C) groups is 2. The number of nitrogens with zero attached hydrogens (tertiary/aromatic N) is 2. The molecular formula is C21H18F6N2O2. The fourth-order valence-corrected chi connectivity index (χ4v) is 3.29. The van der Waals surface area contributed by atoms with Crippen molar-refractivity contribution in [2.75, 3.05) is 0 Å². The van der Waals surface area contributed by atoms with Gasteiger partial charge in [-0.3, -0.25) is 9.98 Å². The first-order valence-electron chi connectivity index (χ1n) is 9.32. The Labute approximate surface area is 173 Å². The predicted molar refractivity (Wildman–Crippen MR) is 103 cm³/mol. The average molecular weight is 444 g/mol. The molecule has 2 aromatic carbocycles. The average Bonchev–Trinajstić information content (AvgIpc) is 3.12. The molecule has 166 valence electrons. The molecule has 2 unspecified atom stereocenters. The van der Waals surface area contributed by atoms with Crippen molar-refractivity contribution in [3.63, 3.8) is 0 Å². The number of phenolic OH excluding ortho intramolecular Hbond substituents is 2. The molecule has 0 saturated heterocycles. The second kappa shape index (κ2) is 8.60. The van der Waals surface area contributed by atoms with Crippen LogP contribution in [-0.2, 0) is 12.4 Å². The maximum Gasteiger partial charge on any atom is 0.416 e. The molecule has 10 heteroatoms. The van der Waals surface area contributed by atoms with Crippen LogP contribution in [0.3, 0.4) is 0 Å². The van der Waals surface area contributed by atoms with Gasteiger partial charge in [0.15, 0.2) is 0 Å². The third-order valence-corrected chi connectivity index (χ3v) is 4.96.